The second-order valence-electron chi connectivity index (χ2n) is 8.22. The smallest absolute Gasteiger partial charge is 0.410 e. The van der Waals surface area contributed by atoms with Gasteiger partial charge in [-0.05, 0) is 45.0 Å². The molecule has 1 aliphatic rings. The van der Waals surface area contributed by atoms with E-state index in [1.807, 2.05) is 29.6 Å². The molecular weight excluding hydrogens is 428 g/mol. The Morgan fingerprint density at radius 2 is 1.97 bits per heavy atom. The van der Waals surface area contributed by atoms with E-state index in [9.17, 15) is 9.59 Å². The summed E-state index contributed by atoms with van der Waals surface area (Å²) in [7, 11) is 0. The lowest BCUT2D eigenvalue weighted by atomic mass is 10.2. The zero-order chi connectivity index (χ0) is 22.7. The van der Waals surface area contributed by atoms with Crippen LogP contribution in [0, 0.1) is 0 Å². The number of ether oxygens (including phenoxy) is 1. The second kappa shape index (κ2) is 8.91. The zero-order valence-corrected chi connectivity index (χ0v) is 18.9. The highest BCUT2D eigenvalue weighted by Gasteiger charge is 2.31. The molecule has 0 radical (unpaired) electrons. The van der Waals surface area contributed by atoms with Gasteiger partial charge in [-0.25, -0.2) is 19.7 Å². The lowest BCUT2D eigenvalue weighted by molar-refractivity contribution is -0.121. The third-order valence-corrected chi connectivity index (χ3v) is 5.38. The molecule has 0 unspecified atom stereocenters. The summed E-state index contributed by atoms with van der Waals surface area (Å²) in [5, 5.41) is 5.93. The molecule has 4 heterocycles. The van der Waals surface area contributed by atoms with Gasteiger partial charge in [0.2, 0.25) is 5.91 Å². The molecule has 1 aliphatic heterocycles. The standard InChI is InChI=1S/C22H24N6O3S/c1-22(2,3)31-21(30)27-10-11-28(19(29)14-27)15-7-8-17(24-13-15)26-18-6-4-5-16(25-18)20-23-9-12-32-20/h4-9,12-13H,10-11,14H2,1-3H3,(H,24,25,26). The van der Waals surface area contributed by atoms with Crippen LogP contribution in [-0.4, -0.2) is 57.1 Å². The van der Waals surface area contributed by atoms with Gasteiger partial charge in [-0.15, -0.1) is 11.3 Å². The monoisotopic (exact) mass is 452 g/mol. The van der Waals surface area contributed by atoms with Gasteiger partial charge in [-0.3, -0.25) is 9.69 Å². The van der Waals surface area contributed by atoms with E-state index >= 15 is 0 Å². The first-order chi connectivity index (χ1) is 15.3. The van der Waals surface area contributed by atoms with Crippen LogP contribution in [0.3, 0.4) is 0 Å². The van der Waals surface area contributed by atoms with Crippen molar-refractivity contribution in [3.8, 4) is 10.7 Å². The van der Waals surface area contributed by atoms with Crippen LogP contribution in [-0.2, 0) is 9.53 Å². The summed E-state index contributed by atoms with van der Waals surface area (Å²) in [6, 6.07) is 9.28. The number of pyridine rings is 2. The maximum atomic E-state index is 12.6. The Labute approximate surface area is 190 Å². The third-order valence-electron chi connectivity index (χ3n) is 4.59. The Balaban J connectivity index is 1.39. The highest BCUT2D eigenvalue weighted by Crippen LogP contribution is 2.23. The van der Waals surface area contributed by atoms with Gasteiger partial charge in [-0.1, -0.05) is 6.07 Å². The number of rotatable bonds is 4. The van der Waals surface area contributed by atoms with Gasteiger partial charge in [0.05, 0.1) is 11.9 Å². The summed E-state index contributed by atoms with van der Waals surface area (Å²) in [4.78, 5) is 41.2. The summed E-state index contributed by atoms with van der Waals surface area (Å²) >= 11 is 1.53. The van der Waals surface area contributed by atoms with Crippen LogP contribution < -0.4 is 10.2 Å². The molecule has 1 saturated heterocycles. The fourth-order valence-electron chi connectivity index (χ4n) is 3.15. The maximum Gasteiger partial charge on any atom is 0.410 e. The van der Waals surface area contributed by atoms with Crippen molar-refractivity contribution in [2.24, 2.45) is 0 Å². The van der Waals surface area contributed by atoms with Crippen molar-refractivity contribution in [2.45, 2.75) is 26.4 Å². The van der Waals surface area contributed by atoms with E-state index < -0.39 is 11.7 Å². The number of hydrogen-bond donors (Lipinski definition) is 1. The van der Waals surface area contributed by atoms with E-state index in [0.717, 1.165) is 10.7 Å². The largest absolute Gasteiger partial charge is 0.444 e. The highest BCUT2D eigenvalue weighted by molar-refractivity contribution is 7.13. The molecule has 166 valence electrons. The van der Waals surface area contributed by atoms with Gasteiger partial charge < -0.3 is 15.0 Å². The molecule has 9 nitrogen and oxygen atoms in total. The molecule has 0 bridgehead atoms. The number of amides is 2. The quantitative estimate of drug-likeness (QED) is 0.640. The van der Waals surface area contributed by atoms with Crippen molar-refractivity contribution >= 4 is 40.7 Å². The van der Waals surface area contributed by atoms with Gasteiger partial charge in [-0.2, -0.15) is 0 Å². The Bertz CT molecular complexity index is 1100. The van der Waals surface area contributed by atoms with E-state index in [0.29, 0.717) is 30.4 Å². The molecule has 2 amide bonds. The van der Waals surface area contributed by atoms with Crippen LogP contribution in [0.25, 0.3) is 10.7 Å². The van der Waals surface area contributed by atoms with Crippen LogP contribution in [0.2, 0.25) is 0 Å². The number of aromatic nitrogens is 3. The van der Waals surface area contributed by atoms with Gasteiger partial charge in [0.25, 0.3) is 0 Å². The summed E-state index contributed by atoms with van der Waals surface area (Å²) in [5.74, 6) is 1.08. The van der Waals surface area contributed by atoms with Crippen LogP contribution in [0.15, 0.2) is 48.1 Å². The lowest BCUT2D eigenvalue weighted by Crippen LogP contribution is -2.53. The number of nitrogens with zero attached hydrogens (tertiary/aromatic N) is 5. The number of carbonyl (C=O) groups excluding carboxylic acids is 2. The van der Waals surface area contributed by atoms with E-state index in [1.165, 1.54) is 16.2 Å². The Hall–Kier alpha value is -3.53. The number of hydrogen-bond acceptors (Lipinski definition) is 8. The number of nitrogens with one attached hydrogen (secondary N) is 1. The van der Waals surface area contributed by atoms with Crippen molar-refractivity contribution in [3.63, 3.8) is 0 Å². The summed E-state index contributed by atoms with van der Waals surface area (Å²) in [6.45, 7) is 6.15. The molecule has 0 spiro atoms. The molecule has 10 heteroatoms. The fraction of sp³-hybridized carbons (Fsp3) is 0.318. The average Bonchev–Trinajstić information content (AvgIpc) is 3.28. The maximum absolute atomic E-state index is 12.6. The minimum Gasteiger partial charge on any atom is -0.444 e. The zero-order valence-electron chi connectivity index (χ0n) is 18.1. The number of anilines is 3. The number of thiazole rings is 1. The molecule has 0 saturated carbocycles. The van der Waals surface area contributed by atoms with Crippen molar-refractivity contribution in [3.05, 3.63) is 48.1 Å². The lowest BCUT2D eigenvalue weighted by Gasteiger charge is -2.35. The van der Waals surface area contributed by atoms with E-state index in [-0.39, 0.29) is 12.5 Å². The van der Waals surface area contributed by atoms with Crippen LogP contribution in [0.5, 0.6) is 0 Å². The molecular formula is C22H24N6O3S. The van der Waals surface area contributed by atoms with Crippen LogP contribution in [0.1, 0.15) is 20.8 Å². The van der Waals surface area contributed by atoms with Gasteiger partial charge >= 0.3 is 6.09 Å². The van der Waals surface area contributed by atoms with Crippen molar-refractivity contribution < 1.29 is 14.3 Å². The minimum atomic E-state index is -0.599. The minimum absolute atomic E-state index is 0.0254. The van der Waals surface area contributed by atoms with E-state index in [1.54, 1.807) is 44.1 Å². The normalized spacial score (nSPS) is 14.4. The Kier molecular flexibility index (Phi) is 6.04. The fourth-order valence-corrected chi connectivity index (χ4v) is 3.76. The first-order valence-electron chi connectivity index (χ1n) is 10.2. The number of carbonyl (C=O) groups is 2. The van der Waals surface area contributed by atoms with Gasteiger partial charge in [0, 0.05) is 24.7 Å². The van der Waals surface area contributed by atoms with Crippen molar-refractivity contribution in [1.82, 2.24) is 19.9 Å². The molecule has 32 heavy (non-hydrogen) atoms. The summed E-state index contributed by atoms with van der Waals surface area (Å²) < 4.78 is 5.36. The Morgan fingerprint density at radius 3 is 2.62 bits per heavy atom. The van der Waals surface area contributed by atoms with Crippen LogP contribution in [0.4, 0.5) is 22.1 Å². The average molecular weight is 453 g/mol. The van der Waals surface area contributed by atoms with Crippen molar-refractivity contribution in [2.75, 3.05) is 29.9 Å². The summed E-state index contributed by atoms with van der Waals surface area (Å²) in [5.41, 5.74) is 0.863. The molecule has 0 aromatic carbocycles. The molecule has 0 atom stereocenters. The van der Waals surface area contributed by atoms with Gasteiger partial charge in [0.15, 0.2) is 0 Å². The van der Waals surface area contributed by atoms with Crippen molar-refractivity contribution in [1.29, 1.82) is 0 Å². The molecule has 3 aromatic heterocycles. The SMILES string of the molecule is CC(C)(C)OC(=O)N1CCN(c2ccc(Nc3cccc(-c4nccs4)n3)nc2)C(=O)C1. The Morgan fingerprint density at radius 1 is 1.12 bits per heavy atom. The van der Waals surface area contributed by atoms with Gasteiger partial charge in [0.1, 0.15) is 34.5 Å². The highest BCUT2D eigenvalue weighted by atomic mass is 32.1. The van der Waals surface area contributed by atoms with E-state index in [4.69, 9.17) is 4.74 Å². The first kappa shape index (κ1) is 21.7. The first-order valence-corrected chi connectivity index (χ1v) is 11.0. The predicted octanol–water partition coefficient (Wildman–Crippen LogP) is 3.93. The molecule has 1 fully saturated rings. The predicted molar refractivity (Wildman–Crippen MR) is 123 cm³/mol. The van der Waals surface area contributed by atoms with Crippen LogP contribution >= 0.6 is 11.3 Å². The molecule has 4 rings (SSSR count). The third kappa shape index (κ3) is 5.20. The summed E-state index contributed by atoms with van der Waals surface area (Å²) in [6.07, 6.45) is 2.90. The topological polar surface area (TPSA) is 101 Å². The van der Waals surface area contributed by atoms with E-state index in [2.05, 4.69) is 20.3 Å². The molecule has 1 N–H and O–H groups in total. The number of piperazine rings is 1. The molecule has 3 aromatic rings. The molecule has 0 aliphatic carbocycles. The second-order valence-corrected chi connectivity index (χ2v) is 9.11.